The Balaban J connectivity index is 1.11. The zero-order chi connectivity index (χ0) is 28.5. The van der Waals surface area contributed by atoms with Crippen LogP contribution >= 0.6 is 0 Å². The van der Waals surface area contributed by atoms with Gasteiger partial charge in [0.05, 0.1) is 12.2 Å². The van der Waals surface area contributed by atoms with E-state index in [2.05, 4.69) is 61.2 Å². The van der Waals surface area contributed by atoms with Crippen molar-refractivity contribution in [2.24, 2.45) is 0 Å². The predicted octanol–water partition coefficient (Wildman–Crippen LogP) is 8.01. The van der Waals surface area contributed by atoms with Crippen molar-refractivity contribution < 1.29 is 9.84 Å². The molecule has 1 fully saturated rings. The van der Waals surface area contributed by atoms with E-state index in [4.69, 9.17) is 4.74 Å². The number of ether oxygens (including phenoxy) is 1. The number of likely N-dealkylation sites (tertiary alicyclic amines) is 1. The molecule has 6 rings (SSSR count). The Morgan fingerprint density at radius 3 is 1.90 bits per heavy atom. The second kappa shape index (κ2) is 11.2. The molecule has 1 saturated heterocycles. The van der Waals surface area contributed by atoms with Crippen LogP contribution in [0.3, 0.4) is 0 Å². The molecule has 2 aliphatic rings. The third kappa shape index (κ3) is 5.28. The van der Waals surface area contributed by atoms with E-state index in [-0.39, 0.29) is 17.7 Å². The maximum Gasteiger partial charge on any atom is 0.122 e. The van der Waals surface area contributed by atoms with Gasteiger partial charge in [-0.3, -0.25) is 4.90 Å². The van der Waals surface area contributed by atoms with Crippen LogP contribution in [0.5, 0.6) is 5.75 Å². The van der Waals surface area contributed by atoms with Crippen LogP contribution in [0.2, 0.25) is 0 Å². The molecule has 1 N–H and O–H groups in total. The van der Waals surface area contributed by atoms with Gasteiger partial charge in [0.2, 0.25) is 0 Å². The van der Waals surface area contributed by atoms with Crippen LogP contribution in [0, 0.1) is 11.3 Å². The number of phenolic OH excluding ortho intramolecular Hbond substituents is 1. The van der Waals surface area contributed by atoms with E-state index in [1.54, 1.807) is 6.07 Å². The molecule has 1 heterocycles. The molecule has 0 spiro atoms. The van der Waals surface area contributed by atoms with E-state index in [1.165, 1.54) is 0 Å². The fourth-order valence-corrected chi connectivity index (χ4v) is 6.63. The molecule has 1 unspecified atom stereocenters. The molecule has 4 aromatic carbocycles. The van der Waals surface area contributed by atoms with E-state index in [0.29, 0.717) is 5.75 Å². The van der Waals surface area contributed by atoms with Crippen molar-refractivity contribution in [3.8, 4) is 22.9 Å². The highest BCUT2D eigenvalue weighted by Gasteiger charge is 2.43. The summed E-state index contributed by atoms with van der Waals surface area (Å²) in [6, 6.07) is 37.3. The number of benzene rings is 4. The Kier molecular flexibility index (Phi) is 7.43. The number of hydrogen-bond acceptors (Lipinski definition) is 4. The van der Waals surface area contributed by atoms with E-state index in [1.807, 2.05) is 60.7 Å². The van der Waals surface area contributed by atoms with Crippen molar-refractivity contribution in [2.45, 2.75) is 62.7 Å². The van der Waals surface area contributed by atoms with Crippen LogP contribution in [0.4, 0.5) is 0 Å². The number of rotatable bonds is 9. The van der Waals surface area contributed by atoms with Gasteiger partial charge in [-0.2, -0.15) is 5.26 Å². The molecule has 4 aromatic rings. The molecule has 0 saturated carbocycles. The maximum atomic E-state index is 10.6. The lowest BCUT2D eigenvalue weighted by atomic mass is 9.70. The van der Waals surface area contributed by atoms with Gasteiger partial charge in [0, 0.05) is 29.8 Å². The average molecular weight is 543 g/mol. The van der Waals surface area contributed by atoms with Crippen molar-refractivity contribution in [2.75, 3.05) is 13.1 Å². The maximum absolute atomic E-state index is 10.6. The molecular formula is C37H38N2O2. The highest BCUT2D eigenvalue weighted by Crippen LogP contribution is 2.55. The van der Waals surface area contributed by atoms with Crippen LogP contribution in [-0.2, 0) is 10.2 Å². The number of piperidine rings is 1. The zero-order valence-corrected chi connectivity index (χ0v) is 24.0. The van der Waals surface area contributed by atoms with Crippen molar-refractivity contribution >= 4 is 0 Å². The predicted molar refractivity (Wildman–Crippen MR) is 164 cm³/mol. The fraction of sp³-hybridized carbons (Fsp3) is 0.324. The lowest BCUT2D eigenvalue weighted by Gasteiger charge is -2.44. The third-order valence-electron chi connectivity index (χ3n) is 9.25. The third-order valence-corrected chi connectivity index (χ3v) is 9.25. The van der Waals surface area contributed by atoms with Gasteiger partial charge in [-0.15, -0.1) is 0 Å². The minimum Gasteiger partial charge on any atom is -0.508 e. The topological polar surface area (TPSA) is 56.5 Å². The number of nitrogens with zero attached hydrogens (tertiary/aromatic N) is 2. The number of nitriles is 1. The summed E-state index contributed by atoms with van der Waals surface area (Å²) in [6.45, 7) is 6.53. The Hall–Kier alpha value is -3.91. The molecule has 208 valence electrons. The quantitative estimate of drug-likeness (QED) is 0.233. The van der Waals surface area contributed by atoms with Gasteiger partial charge in [0.1, 0.15) is 17.3 Å². The van der Waals surface area contributed by atoms with E-state index in [0.717, 1.165) is 72.2 Å². The monoisotopic (exact) mass is 542 g/mol. The summed E-state index contributed by atoms with van der Waals surface area (Å²) in [4.78, 5) is 2.57. The van der Waals surface area contributed by atoms with Gasteiger partial charge >= 0.3 is 0 Å². The van der Waals surface area contributed by atoms with Crippen LogP contribution in [0.1, 0.15) is 67.9 Å². The summed E-state index contributed by atoms with van der Waals surface area (Å²) < 4.78 is 6.59. The Labute approximate surface area is 243 Å². The minimum atomic E-state index is -0.683. The number of fused-ring (bicyclic) bond motifs is 1. The van der Waals surface area contributed by atoms with Gasteiger partial charge in [0.15, 0.2) is 0 Å². The summed E-state index contributed by atoms with van der Waals surface area (Å²) in [5, 5.41) is 21.1. The average Bonchev–Trinajstić information content (AvgIpc) is 3.74. The number of hydrogen-bond donors (Lipinski definition) is 1. The van der Waals surface area contributed by atoms with Gasteiger partial charge < -0.3 is 9.84 Å². The summed E-state index contributed by atoms with van der Waals surface area (Å²) >= 11 is 0. The van der Waals surface area contributed by atoms with E-state index >= 15 is 0 Å². The van der Waals surface area contributed by atoms with Crippen molar-refractivity contribution in [3.63, 3.8) is 0 Å². The molecule has 1 atom stereocenters. The zero-order valence-electron chi connectivity index (χ0n) is 24.0. The minimum absolute atomic E-state index is 0.0576. The first-order valence-corrected chi connectivity index (χ1v) is 14.8. The fourth-order valence-electron chi connectivity index (χ4n) is 6.63. The molecule has 0 bridgehead atoms. The first kappa shape index (κ1) is 27.3. The van der Waals surface area contributed by atoms with Gasteiger partial charge in [-0.25, -0.2) is 0 Å². The summed E-state index contributed by atoms with van der Waals surface area (Å²) in [6.07, 6.45) is 3.61. The molecule has 4 nitrogen and oxygen atoms in total. The summed E-state index contributed by atoms with van der Waals surface area (Å²) in [5.41, 5.74) is 5.76. The highest BCUT2D eigenvalue weighted by atomic mass is 16.5. The molecule has 4 heteroatoms. The highest BCUT2D eigenvalue weighted by molar-refractivity contribution is 5.78. The standard InChI is InChI=1S/C37H38N2O2/c1-36(2,22-23-37(26-38,28-14-8-4-9-15-28)29-16-10-5-11-17-29)39-24-20-30(21-25-39)41-35-33-31(18-19-32(40)34(33)35)27-12-6-3-7-13-27/h3-19,30,35,40H,20-25H2,1-2H3. The lowest BCUT2D eigenvalue weighted by molar-refractivity contribution is -0.0314. The lowest BCUT2D eigenvalue weighted by Crippen LogP contribution is -2.50. The normalized spacial score (nSPS) is 17.5. The molecule has 0 radical (unpaired) electrons. The van der Waals surface area contributed by atoms with Crippen LogP contribution < -0.4 is 0 Å². The van der Waals surface area contributed by atoms with Crippen LogP contribution in [-0.4, -0.2) is 34.7 Å². The molecule has 1 aliphatic heterocycles. The van der Waals surface area contributed by atoms with Crippen molar-refractivity contribution in [1.29, 1.82) is 5.26 Å². The molecular weight excluding hydrogens is 504 g/mol. The number of phenols is 1. The first-order chi connectivity index (χ1) is 19.9. The molecule has 0 aromatic heterocycles. The van der Waals surface area contributed by atoms with Crippen LogP contribution in [0.25, 0.3) is 11.1 Å². The summed E-state index contributed by atoms with van der Waals surface area (Å²) in [7, 11) is 0. The SMILES string of the molecule is CC(C)(CCC(C#N)(c1ccccc1)c1ccccc1)N1CCC(OC2c3c(O)ccc(-c4ccccc4)c32)CC1. The van der Waals surface area contributed by atoms with Gasteiger partial charge in [0.25, 0.3) is 0 Å². The van der Waals surface area contributed by atoms with Crippen molar-refractivity contribution in [1.82, 2.24) is 4.90 Å². The summed E-state index contributed by atoms with van der Waals surface area (Å²) in [5.74, 6) is 0.334. The van der Waals surface area contributed by atoms with Gasteiger partial charge in [-0.1, -0.05) is 97.1 Å². The van der Waals surface area contributed by atoms with Gasteiger partial charge in [-0.05, 0) is 67.9 Å². The van der Waals surface area contributed by atoms with Crippen LogP contribution in [0.15, 0.2) is 103 Å². The number of aromatic hydroxyl groups is 1. The Morgan fingerprint density at radius 2 is 1.34 bits per heavy atom. The molecule has 1 aliphatic carbocycles. The second-order valence-corrected chi connectivity index (χ2v) is 12.1. The second-order valence-electron chi connectivity index (χ2n) is 12.1. The Bertz CT molecular complexity index is 1480. The smallest absolute Gasteiger partial charge is 0.122 e. The Morgan fingerprint density at radius 1 is 0.780 bits per heavy atom. The van der Waals surface area contributed by atoms with E-state index in [9.17, 15) is 10.4 Å². The van der Waals surface area contributed by atoms with Crippen molar-refractivity contribution in [3.05, 3.63) is 125 Å². The molecule has 0 amide bonds. The first-order valence-electron chi connectivity index (χ1n) is 14.8. The molecule has 41 heavy (non-hydrogen) atoms. The largest absolute Gasteiger partial charge is 0.508 e. The van der Waals surface area contributed by atoms with E-state index < -0.39 is 5.41 Å².